The van der Waals surface area contributed by atoms with Crippen molar-refractivity contribution in [2.45, 2.75) is 40.3 Å². The van der Waals surface area contributed by atoms with E-state index >= 15 is 0 Å². The van der Waals surface area contributed by atoms with E-state index in [2.05, 4.69) is 27.5 Å². The van der Waals surface area contributed by atoms with Crippen LogP contribution < -0.4 is 16.5 Å². The maximum Gasteiger partial charge on any atom is 0.196 e. The summed E-state index contributed by atoms with van der Waals surface area (Å²) in [5, 5.41) is 20.8. The number of benzene rings is 1. The predicted molar refractivity (Wildman–Crippen MR) is 146 cm³/mol. The van der Waals surface area contributed by atoms with Crippen LogP contribution in [0.2, 0.25) is 5.15 Å². The average Bonchev–Trinajstić information content (AvgIpc) is 3.33. The average molecular weight is 537 g/mol. The summed E-state index contributed by atoms with van der Waals surface area (Å²) in [6.07, 6.45) is 3.62. The molecule has 1 fully saturated rings. The summed E-state index contributed by atoms with van der Waals surface area (Å²) in [5.74, 6) is 0.298. The summed E-state index contributed by atoms with van der Waals surface area (Å²) in [6.45, 7) is 9.89. The molecule has 5 rings (SSSR count). The molecule has 0 amide bonds. The molecule has 4 N–H and O–H groups in total. The number of oxime groups is 1. The Hall–Kier alpha value is -3.89. The first-order valence-corrected chi connectivity index (χ1v) is 12.6. The number of hydrogen-bond donors (Lipinski definition) is 3. The van der Waals surface area contributed by atoms with Gasteiger partial charge in [0.1, 0.15) is 22.2 Å². The Bertz CT molecular complexity index is 1620. The maximum absolute atomic E-state index is 13.5. The van der Waals surface area contributed by atoms with E-state index in [1.807, 2.05) is 36.9 Å². The molecule has 1 saturated heterocycles. The first-order chi connectivity index (χ1) is 18.1. The quantitative estimate of drug-likeness (QED) is 0.102. The molecule has 0 saturated carbocycles. The number of nitrogens with zero attached hydrogens (tertiary/aromatic N) is 4. The summed E-state index contributed by atoms with van der Waals surface area (Å²) in [7, 11) is 0. The molecule has 11 heteroatoms. The molecule has 10 nitrogen and oxygen atoms in total. The number of hydrogen-bond acceptors (Lipinski definition) is 8. The van der Waals surface area contributed by atoms with Gasteiger partial charge < -0.3 is 25.4 Å². The number of aryl methyl sites for hydroxylation is 1. The van der Waals surface area contributed by atoms with Gasteiger partial charge in [-0.15, -0.1) is 0 Å². The van der Waals surface area contributed by atoms with Crippen molar-refractivity contribution in [3.8, 4) is 11.3 Å². The van der Waals surface area contributed by atoms with E-state index in [1.54, 1.807) is 25.3 Å². The Morgan fingerprint density at radius 2 is 2.11 bits per heavy atom. The number of nitrogens with two attached hydrogens (primary N) is 1. The van der Waals surface area contributed by atoms with Gasteiger partial charge in [0.05, 0.1) is 48.6 Å². The minimum Gasteiger partial charge on any atom is -0.455 e. The summed E-state index contributed by atoms with van der Waals surface area (Å²) in [6, 6.07) is 6.76. The van der Waals surface area contributed by atoms with E-state index < -0.39 is 0 Å². The third-order valence-electron chi connectivity index (χ3n) is 6.78. The Balaban J connectivity index is 1.57. The van der Waals surface area contributed by atoms with Crippen molar-refractivity contribution in [1.82, 2.24) is 14.8 Å². The van der Waals surface area contributed by atoms with Crippen LogP contribution in [0.1, 0.15) is 42.3 Å². The van der Waals surface area contributed by atoms with Crippen LogP contribution in [0, 0.1) is 19.3 Å². The monoisotopic (exact) mass is 536 g/mol. The number of anilines is 1. The summed E-state index contributed by atoms with van der Waals surface area (Å²) < 4.78 is 13.7. The van der Waals surface area contributed by atoms with Crippen LogP contribution in [-0.2, 0) is 11.3 Å². The highest BCUT2D eigenvalue weighted by molar-refractivity contribution is 6.29. The summed E-state index contributed by atoms with van der Waals surface area (Å²) >= 11 is 6.03. The maximum atomic E-state index is 13.5. The molecule has 198 valence electrons. The van der Waals surface area contributed by atoms with Crippen molar-refractivity contribution in [3.05, 3.63) is 74.4 Å². The number of halogens is 1. The molecule has 0 bridgehead atoms. The first-order valence-electron chi connectivity index (χ1n) is 12.2. The van der Waals surface area contributed by atoms with Crippen molar-refractivity contribution in [2.75, 3.05) is 18.5 Å². The molecule has 0 spiro atoms. The Labute approximate surface area is 224 Å². The topological polar surface area (TPSA) is 141 Å². The summed E-state index contributed by atoms with van der Waals surface area (Å²) in [5.41, 5.74) is 9.90. The van der Waals surface area contributed by atoms with Crippen molar-refractivity contribution in [1.29, 1.82) is 0 Å². The van der Waals surface area contributed by atoms with Gasteiger partial charge in [-0.3, -0.25) is 9.48 Å². The third kappa shape index (κ3) is 4.72. The number of pyridine rings is 1. The zero-order valence-electron chi connectivity index (χ0n) is 21.6. The van der Waals surface area contributed by atoms with Crippen molar-refractivity contribution in [2.24, 2.45) is 16.3 Å². The zero-order valence-corrected chi connectivity index (χ0v) is 22.3. The van der Waals surface area contributed by atoms with E-state index in [9.17, 15) is 10.0 Å². The number of fused-ring (bicyclic) bond motifs is 1. The molecule has 0 radical (unpaired) electrons. The highest BCUT2D eigenvalue weighted by atomic mass is 35.5. The molecule has 1 aromatic carbocycles. The number of ether oxygens (including phenoxy) is 1. The minimum atomic E-state index is -0.342. The van der Waals surface area contributed by atoms with E-state index in [0.717, 1.165) is 16.7 Å². The second-order valence-electron chi connectivity index (χ2n) is 10.2. The largest absolute Gasteiger partial charge is 0.455 e. The van der Waals surface area contributed by atoms with E-state index in [0.29, 0.717) is 47.7 Å². The van der Waals surface area contributed by atoms with Gasteiger partial charge in [0.25, 0.3) is 0 Å². The number of amidine groups is 1. The van der Waals surface area contributed by atoms with Gasteiger partial charge in [-0.1, -0.05) is 29.7 Å². The van der Waals surface area contributed by atoms with Gasteiger partial charge >= 0.3 is 0 Å². The molecule has 0 aliphatic carbocycles. The lowest BCUT2D eigenvalue weighted by Gasteiger charge is -2.37. The van der Waals surface area contributed by atoms with Gasteiger partial charge in [0.15, 0.2) is 11.3 Å². The lowest BCUT2D eigenvalue weighted by molar-refractivity contribution is -0.111. The fourth-order valence-corrected chi connectivity index (χ4v) is 4.92. The van der Waals surface area contributed by atoms with Crippen molar-refractivity contribution < 1.29 is 14.4 Å². The van der Waals surface area contributed by atoms with Crippen molar-refractivity contribution >= 4 is 34.1 Å². The molecule has 1 aliphatic rings. The van der Waals surface area contributed by atoms with Crippen LogP contribution in [0.25, 0.3) is 22.3 Å². The van der Waals surface area contributed by atoms with E-state index in [-0.39, 0.29) is 33.6 Å². The number of aromatic nitrogens is 3. The second kappa shape index (κ2) is 9.77. The fourth-order valence-electron chi connectivity index (χ4n) is 4.77. The molecule has 1 atom stereocenters. The van der Waals surface area contributed by atoms with Crippen LogP contribution in [-0.4, -0.2) is 39.0 Å². The van der Waals surface area contributed by atoms with Crippen LogP contribution >= 0.6 is 11.6 Å². The first kappa shape index (κ1) is 25.7. The fraction of sp³-hybridized carbons (Fsp3) is 0.333. The third-order valence-corrected chi connectivity index (χ3v) is 6.99. The van der Waals surface area contributed by atoms with Crippen LogP contribution in [0.5, 0.6) is 0 Å². The van der Waals surface area contributed by atoms with Gasteiger partial charge in [0, 0.05) is 22.7 Å². The molecular weight excluding hydrogens is 508 g/mol. The molecule has 4 heterocycles. The Morgan fingerprint density at radius 1 is 1.34 bits per heavy atom. The number of nitrogens with one attached hydrogen (secondary N) is 1. The highest BCUT2D eigenvalue weighted by Gasteiger charge is 2.34. The lowest BCUT2D eigenvalue weighted by atomic mass is 9.89. The molecule has 4 aromatic rings. The molecular formula is C27H29ClN6O4. The normalized spacial score (nSPS) is 15.9. The standard InChI is InChI=1S/C27H29ClN6O4/c1-14-7-18(16(3)31-20-5-6-21(28)32-22(20)26(29)33-36)25-19(8-14)23(35)15(2)24(38-25)17-9-30-34(10-17)11-27(4)12-37-13-27/h5-10,16,31,36H,11-13H2,1-4H3,(H2,29,33). The van der Waals surface area contributed by atoms with Crippen molar-refractivity contribution in [3.63, 3.8) is 0 Å². The SMILES string of the molecule is Cc1cc(C(C)Nc2ccc(Cl)nc2C(N)=NO)c2oc(-c3cnn(CC4(C)COC4)c3)c(C)c(=O)c2c1. The molecule has 1 aliphatic heterocycles. The Kier molecular flexibility index (Phi) is 6.62. The van der Waals surface area contributed by atoms with E-state index in [1.165, 1.54) is 0 Å². The zero-order chi connectivity index (χ0) is 27.2. The number of rotatable bonds is 7. The predicted octanol–water partition coefficient (Wildman–Crippen LogP) is 4.63. The molecule has 3 aromatic heterocycles. The second-order valence-corrected chi connectivity index (χ2v) is 10.6. The van der Waals surface area contributed by atoms with Gasteiger partial charge in [-0.2, -0.15) is 5.10 Å². The van der Waals surface area contributed by atoms with Gasteiger partial charge in [-0.05, 0) is 44.5 Å². The summed E-state index contributed by atoms with van der Waals surface area (Å²) in [4.78, 5) is 17.7. The minimum absolute atomic E-state index is 0.0495. The van der Waals surface area contributed by atoms with Crippen LogP contribution in [0.4, 0.5) is 5.69 Å². The molecule has 38 heavy (non-hydrogen) atoms. The van der Waals surface area contributed by atoms with Gasteiger partial charge in [0.2, 0.25) is 0 Å². The molecule has 1 unspecified atom stereocenters. The smallest absolute Gasteiger partial charge is 0.196 e. The lowest BCUT2D eigenvalue weighted by Crippen LogP contribution is -2.43. The van der Waals surface area contributed by atoms with Crippen LogP contribution in [0.3, 0.4) is 0 Å². The van der Waals surface area contributed by atoms with Crippen LogP contribution in [0.15, 0.2) is 51.0 Å². The van der Waals surface area contributed by atoms with Gasteiger partial charge in [-0.25, -0.2) is 4.98 Å². The highest BCUT2D eigenvalue weighted by Crippen LogP contribution is 2.33. The van der Waals surface area contributed by atoms with E-state index in [4.69, 9.17) is 26.5 Å². The Morgan fingerprint density at radius 3 is 2.79 bits per heavy atom.